The van der Waals surface area contributed by atoms with Crippen molar-refractivity contribution < 1.29 is 19.4 Å². The van der Waals surface area contributed by atoms with E-state index in [2.05, 4.69) is 15.2 Å². The number of nitrogens with zero attached hydrogens (tertiary/aromatic N) is 2. The molecule has 4 rings (SSSR count). The molecule has 8 heteroatoms. The number of nitrogens with two attached hydrogens (primary N) is 1. The van der Waals surface area contributed by atoms with Crippen molar-refractivity contribution in [3.63, 3.8) is 0 Å². The van der Waals surface area contributed by atoms with Gasteiger partial charge in [-0.2, -0.15) is 0 Å². The molecule has 8 nitrogen and oxygen atoms in total. The molecule has 3 aromatic rings. The van der Waals surface area contributed by atoms with Gasteiger partial charge in [0.15, 0.2) is 11.5 Å². The highest BCUT2D eigenvalue weighted by atomic mass is 16.5. The molecule has 1 aliphatic heterocycles. The molecule has 2 heterocycles. The maximum Gasteiger partial charge on any atom is 0.252 e. The standard InChI is InChI=1S/C27H34N4O4/c1-3-19-18(17-32)8-6-9-22(19)30-26-20-14-24(34-2)25(15-23(20)29-16-21(26)27(28)33)35-13-7-12-31-10-4-5-11-31/h6,8-9,14-16,32H,3-5,7,10-13,17H2,1-2H3,(H2,28,33)(H,29,30). The van der Waals surface area contributed by atoms with Crippen LogP contribution in [-0.2, 0) is 13.0 Å². The average molecular weight is 479 g/mol. The zero-order valence-electron chi connectivity index (χ0n) is 20.5. The molecular weight excluding hydrogens is 444 g/mol. The number of anilines is 2. The van der Waals surface area contributed by atoms with E-state index in [4.69, 9.17) is 15.2 Å². The third kappa shape index (κ3) is 5.49. The van der Waals surface area contributed by atoms with Crippen LogP contribution in [-0.4, -0.2) is 54.2 Å². The Hall–Kier alpha value is -3.36. The number of carbonyl (C=O) groups is 1. The van der Waals surface area contributed by atoms with Gasteiger partial charge in [0.2, 0.25) is 0 Å². The van der Waals surface area contributed by atoms with Crippen molar-refractivity contribution in [2.24, 2.45) is 5.73 Å². The predicted octanol–water partition coefficient (Wildman–Crippen LogP) is 4.01. The minimum Gasteiger partial charge on any atom is -0.493 e. The first-order chi connectivity index (χ1) is 17.0. The molecule has 1 amide bonds. The first-order valence-electron chi connectivity index (χ1n) is 12.2. The molecule has 35 heavy (non-hydrogen) atoms. The summed E-state index contributed by atoms with van der Waals surface area (Å²) < 4.78 is 11.7. The number of fused-ring (bicyclic) bond motifs is 1. The van der Waals surface area contributed by atoms with Gasteiger partial charge < -0.3 is 30.5 Å². The highest BCUT2D eigenvalue weighted by Gasteiger charge is 2.19. The molecule has 1 aromatic heterocycles. The summed E-state index contributed by atoms with van der Waals surface area (Å²) >= 11 is 0. The number of hydrogen-bond acceptors (Lipinski definition) is 7. The van der Waals surface area contributed by atoms with Crippen LogP contribution in [0.15, 0.2) is 36.5 Å². The van der Waals surface area contributed by atoms with Gasteiger partial charge in [0.25, 0.3) is 5.91 Å². The zero-order valence-corrected chi connectivity index (χ0v) is 20.5. The Morgan fingerprint density at radius 2 is 2.03 bits per heavy atom. The third-order valence-electron chi connectivity index (χ3n) is 6.55. The van der Waals surface area contributed by atoms with Crippen molar-refractivity contribution in [1.82, 2.24) is 9.88 Å². The maximum absolute atomic E-state index is 12.3. The second-order valence-electron chi connectivity index (χ2n) is 8.76. The van der Waals surface area contributed by atoms with Crippen LogP contribution in [0.1, 0.15) is 47.7 Å². The van der Waals surface area contributed by atoms with Gasteiger partial charge >= 0.3 is 0 Å². The molecule has 0 atom stereocenters. The number of aliphatic hydroxyl groups is 1. The van der Waals surface area contributed by atoms with Crippen LogP contribution in [0.5, 0.6) is 11.5 Å². The lowest BCUT2D eigenvalue weighted by Crippen LogP contribution is -2.21. The summed E-state index contributed by atoms with van der Waals surface area (Å²) in [5.74, 6) is 0.590. The van der Waals surface area contributed by atoms with E-state index < -0.39 is 5.91 Å². The maximum atomic E-state index is 12.3. The summed E-state index contributed by atoms with van der Waals surface area (Å²) in [4.78, 5) is 19.2. The van der Waals surface area contributed by atoms with Crippen LogP contribution in [0.25, 0.3) is 10.9 Å². The molecule has 0 spiro atoms. The van der Waals surface area contributed by atoms with Gasteiger partial charge in [-0.25, -0.2) is 0 Å². The molecule has 2 aromatic carbocycles. The van der Waals surface area contributed by atoms with Gasteiger partial charge in [0.05, 0.1) is 37.1 Å². The van der Waals surface area contributed by atoms with E-state index in [1.807, 2.05) is 37.3 Å². The number of aromatic nitrogens is 1. The Kier molecular flexibility index (Phi) is 8.05. The fourth-order valence-corrected chi connectivity index (χ4v) is 4.72. The fourth-order valence-electron chi connectivity index (χ4n) is 4.72. The van der Waals surface area contributed by atoms with Crippen LogP contribution < -0.4 is 20.5 Å². The first kappa shape index (κ1) is 24.8. The van der Waals surface area contributed by atoms with E-state index >= 15 is 0 Å². The Labute approximate surface area is 206 Å². The molecule has 0 unspecified atom stereocenters. The third-order valence-corrected chi connectivity index (χ3v) is 6.55. The monoisotopic (exact) mass is 478 g/mol. The smallest absolute Gasteiger partial charge is 0.252 e. The molecule has 0 radical (unpaired) electrons. The first-order valence-corrected chi connectivity index (χ1v) is 12.2. The van der Waals surface area contributed by atoms with Crippen molar-refractivity contribution in [2.75, 3.05) is 38.7 Å². The van der Waals surface area contributed by atoms with Crippen LogP contribution in [0, 0.1) is 0 Å². The molecule has 0 aliphatic carbocycles. The van der Waals surface area contributed by atoms with Crippen LogP contribution in [0.2, 0.25) is 0 Å². The number of primary amides is 1. The number of rotatable bonds is 11. The number of amides is 1. The number of carbonyl (C=O) groups excluding carboxylic acids is 1. The fraction of sp³-hybridized carbons (Fsp3) is 0.407. The van der Waals surface area contributed by atoms with Gasteiger partial charge in [0, 0.05) is 29.9 Å². The topological polar surface area (TPSA) is 110 Å². The summed E-state index contributed by atoms with van der Waals surface area (Å²) in [6.45, 7) is 5.90. The van der Waals surface area contributed by atoms with Crippen LogP contribution in [0.4, 0.5) is 11.4 Å². The Bertz CT molecular complexity index is 1190. The number of aliphatic hydroxyl groups excluding tert-OH is 1. The number of likely N-dealkylation sites (tertiary alicyclic amines) is 1. The Morgan fingerprint density at radius 1 is 1.23 bits per heavy atom. The summed E-state index contributed by atoms with van der Waals surface area (Å²) in [6, 6.07) is 9.35. The number of ether oxygens (including phenoxy) is 2. The molecule has 186 valence electrons. The van der Waals surface area contributed by atoms with Gasteiger partial charge in [-0.1, -0.05) is 19.1 Å². The van der Waals surface area contributed by atoms with Crippen LogP contribution in [0.3, 0.4) is 0 Å². The summed E-state index contributed by atoms with van der Waals surface area (Å²) in [5.41, 5.74) is 9.78. The van der Waals surface area contributed by atoms with E-state index in [0.29, 0.717) is 41.1 Å². The van der Waals surface area contributed by atoms with Crippen molar-refractivity contribution in [2.45, 2.75) is 39.2 Å². The summed E-state index contributed by atoms with van der Waals surface area (Å²) in [6.07, 6.45) is 5.69. The number of pyridine rings is 1. The molecule has 0 bridgehead atoms. The van der Waals surface area contributed by atoms with E-state index in [1.54, 1.807) is 7.11 Å². The van der Waals surface area contributed by atoms with Crippen LogP contribution >= 0.6 is 0 Å². The van der Waals surface area contributed by atoms with E-state index in [9.17, 15) is 9.90 Å². The number of benzene rings is 2. The molecule has 1 saturated heterocycles. The summed E-state index contributed by atoms with van der Waals surface area (Å²) in [5, 5.41) is 13.8. The SMILES string of the molecule is CCc1c(CO)cccc1Nc1c(C(N)=O)cnc2cc(OCCCN3CCCC3)c(OC)cc12. The lowest BCUT2D eigenvalue weighted by molar-refractivity contribution is 0.100. The largest absolute Gasteiger partial charge is 0.493 e. The molecule has 1 fully saturated rings. The van der Waals surface area contributed by atoms with E-state index in [0.717, 1.165) is 29.8 Å². The van der Waals surface area contributed by atoms with Crippen molar-refractivity contribution in [3.05, 3.63) is 53.2 Å². The van der Waals surface area contributed by atoms with Gasteiger partial charge in [-0.15, -0.1) is 0 Å². The Morgan fingerprint density at radius 3 is 2.71 bits per heavy atom. The van der Waals surface area contributed by atoms with Crippen molar-refractivity contribution in [1.29, 1.82) is 0 Å². The van der Waals surface area contributed by atoms with Gasteiger partial charge in [-0.05, 0) is 62.0 Å². The molecule has 4 N–H and O–H groups in total. The van der Waals surface area contributed by atoms with Gasteiger partial charge in [0.1, 0.15) is 0 Å². The minimum absolute atomic E-state index is 0.0647. The normalized spacial score (nSPS) is 13.8. The second kappa shape index (κ2) is 11.4. The zero-order chi connectivity index (χ0) is 24.8. The molecule has 0 saturated carbocycles. The molecule has 1 aliphatic rings. The van der Waals surface area contributed by atoms with Gasteiger partial charge in [-0.3, -0.25) is 9.78 Å². The quantitative estimate of drug-likeness (QED) is 0.357. The Balaban J connectivity index is 1.67. The highest BCUT2D eigenvalue weighted by molar-refractivity contribution is 6.08. The molecular formula is C27H34N4O4. The number of nitrogens with one attached hydrogen (secondary N) is 1. The number of hydrogen-bond donors (Lipinski definition) is 3. The number of methoxy groups -OCH3 is 1. The highest BCUT2D eigenvalue weighted by Crippen LogP contribution is 2.38. The van der Waals surface area contributed by atoms with E-state index in [-0.39, 0.29) is 12.2 Å². The van der Waals surface area contributed by atoms with Crippen molar-refractivity contribution >= 4 is 28.2 Å². The summed E-state index contributed by atoms with van der Waals surface area (Å²) in [7, 11) is 1.59. The lowest BCUT2D eigenvalue weighted by Gasteiger charge is -2.19. The second-order valence-corrected chi connectivity index (χ2v) is 8.76. The van der Waals surface area contributed by atoms with E-state index in [1.165, 1.54) is 32.1 Å². The average Bonchev–Trinajstić information content (AvgIpc) is 3.39. The predicted molar refractivity (Wildman–Crippen MR) is 138 cm³/mol. The van der Waals surface area contributed by atoms with Crippen molar-refractivity contribution in [3.8, 4) is 11.5 Å². The minimum atomic E-state index is -0.584. The lowest BCUT2D eigenvalue weighted by atomic mass is 10.0.